The average molecular weight is 225 g/mol. The smallest absolute Gasteiger partial charge is 0.130 e. The van der Waals surface area contributed by atoms with E-state index in [1.54, 1.807) is 0 Å². The van der Waals surface area contributed by atoms with Gasteiger partial charge in [0.25, 0.3) is 0 Å². The Kier molecular flexibility index (Phi) is 3.24. The maximum absolute atomic E-state index is 13.5. The summed E-state index contributed by atoms with van der Waals surface area (Å²) in [4.78, 5) is 0. The maximum atomic E-state index is 13.5. The normalized spacial score (nSPS) is 27.0. The van der Waals surface area contributed by atoms with Crippen LogP contribution >= 0.6 is 0 Å². The molecule has 3 unspecified atom stereocenters. The van der Waals surface area contributed by atoms with Gasteiger partial charge in [-0.1, -0.05) is 19.4 Å². The average Bonchev–Trinajstić information content (AvgIpc) is 2.64. The lowest BCUT2D eigenvalue weighted by molar-refractivity contribution is 0.414. The highest BCUT2D eigenvalue weighted by Gasteiger charge is 2.28. The fraction of sp³-hybridized carbons (Fsp3) is 0.538. The fourth-order valence-electron chi connectivity index (χ4n) is 2.60. The molecule has 0 heterocycles. The molecule has 1 aliphatic carbocycles. The molecule has 3 heteroatoms. The molecule has 0 saturated heterocycles. The van der Waals surface area contributed by atoms with Crippen LogP contribution in [-0.2, 0) is 0 Å². The van der Waals surface area contributed by atoms with Gasteiger partial charge in [-0.2, -0.15) is 0 Å². The lowest BCUT2D eigenvalue weighted by atomic mass is 9.91. The Bertz CT molecular complexity index is 378. The molecule has 1 fully saturated rings. The quantitative estimate of drug-likeness (QED) is 0.820. The third-order valence-corrected chi connectivity index (χ3v) is 3.56. The van der Waals surface area contributed by atoms with Gasteiger partial charge < -0.3 is 5.73 Å². The van der Waals surface area contributed by atoms with Gasteiger partial charge in [0.15, 0.2) is 0 Å². The molecule has 0 aromatic heterocycles. The molecule has 0 radical (unpaired) electrons. The lowest BCUT2D eigenvalue weighted by Gasteiger charge is -2.20. The summed E-state index contributed by atoms with van der Waals surface area (Å²) >= 11 is 0. The van der Waals surface area contributed by atoms with E-state index in [0.717, 1.165) is 25.3 Å². The van der Waals surface area contributed by atoms with Gasteiger partial charge in [-0.05, 0) is 30.7 Å². The van der Waals surface area contributed by atoms with Crippen LogP contribution in [0.3, 0.4) is 0 Å². The molecule has 0 aliphatic heterocycles. The minimum absolute atomic E-state index is 0.300. The van der Waals surface area contributed by atoms with Crippen molar-refractivity contribution in [1.29, 1.82) is 0 Å². The Morgan fingerprint density at radius 3 is 2.62 bits per heavy atom. The van der Waals surface area contributed by atoms with Crippen molar-refractivity contribution in [3.63, 3.8) is 0 Å². The van der Waals surface area contributed by atoms with Crippen molar-refractivity contribution >= 4 is 0 Å². The van der Waals surface area contributed by atoms with E-state index in [1.807, 2.05) is 0 Å². The predicted molar refractivity (Wildman–Crippen MR) is 59.8 cm³/mol. The summed E-state index contributed by atoms with van der Waals surface area (Å²) in [6.07, 6.45) is 3.23. The van der Waals surface area contributed by atoms with E-state index in [0.29, 0.717) is 17.4 Å². The van der Waals surface area contributed by atoms with Crippen LogP contribution in [-0.4, -0.2) is 0 Å². The molecule has 0 spiro atoms. The summed E-state index contributed by atoms with van der Waals surface area (Å²) in [5.41, 5.74) is 6.50. The van der Waals surface area contributed by atoms with E-state index in [-0.39, 0.29) is 6.04 Å². The second-order valence-electron chi connectivity index (χ2n) is 4.87. The summed E-state index contributed by atoms with van der Waals surface area (Å²) in [6, 6.07) is 3.35. The van der Waals surface area contributed by atoms with Crippen LogP contribution in [0.25, 0.3) is 0 Å². The van der Waals surface area contributed by atoms with Crippen LogP contribution in [0.1, 0.15) is 37.8 Å². The first-order valence-corrected chi connectivity index (χ1v) is 5.78. The van der Waals surface area contributed by atoms with Gasteiger partial charge in [-0.3, -0.25) is 0 Å². The van der Waals surface area contributed by atoms with E-state index < -0.39 is 11.6 Å². The van der Waals surface area contributed by atoms with Crippen molar-refractivity contribution in [1.82, 2.24) is 0 Å². The highest BCUT2D eigenvalue weighted by Crippen LogP contribution is 2.38. The molecular formula is C13H17F2N. The second-order valence-corrected chi connectivity index (χ2v) is 4.87. The summed E-state index contributed by atoms with van der Waals surface area (Å²) in [7, 11) is 0. The molecule has 1 saturated carbocycles. The molecule has 1 aliphatic rings. The first-order valence-electron chi connectivity index (χ1n) is 5.78. The fourth-order valence-corrected chi connectivity index (χ4v) is 2.60. The molecule has 0 bridgehead atoms. The highest BCUT2D eigenvalue weighted by molar-refractivity contribution is 5.22. The number of hydrogen-bond acceptors (Lipinski definition) is 1. The first kappa shape index (κ1) is 11.5. The second kappa shape index (κ2) is 4.50. The van der Waals surface area contributed by atoms with E-state index in [4.69, 9.17) is 5.73 Å². The molecular weight excluding hydrogens is 208 g/mol. The summed E-state index contributed by atoms with van der Waals surface area (Å²) in [5.74, 6) is -0.0742. The Morgan fingerprint density at radius 2 is 2.06 bits per heavy atom. The van der Waals surface area contributed by atoms with Gasteiger partial charge in [0, 0.05) is 17.7 Å². The van der Waals surface area contributed by atoms with Gasteiger partial charge in [0.05, 0.1) is 0 Å². The topological polar surface area (TPSA) is 26.0 Å². The molecule has 2 rings (SSSR count). The summed E-state index contributed by atoms with van der Waals surface area (Å²) in [5, 5.41) is 0. The third kappa shape index (κ3) is 2.24. The van der Waals surface area contributed by atoms with Crippen molar-refractivity contribution < 1.29 is 8.78 Å². The third-order valence-electron chi connectivity index (χ3n) is 3.56. The zero-order valence-electron chi connectivity index (χ0n) is 9.42. The molecule has 1 nitrogen and oxygen atoms in total. The van der Waals surface area contributed by atoms with Gasteiger partial charge >= 0.3 is 0 Å². The first-order chi connectivity index (χ1) is 7.58. The van der Waals surface area contributed by atoms with Crippen LogP contribution in [0.15, 0.2) is 18.2 Å². The molecule has 88 valence electrons. The van der Waals surface area contributed by atoms with Gasteiger partial charge in [-0.25, -0.2) is 8.78 Å². The Morgan fingerprint density at radius 1 is 1.31 bits per heavy atom. The van der Waals surface area contributed by atoms with E-state index in [1.165, 1.54) is 12.1 Å². The number of hydrogen-bond donors (Lipinski definition) is 1. The molecule has 16 heavy (non-hydrogen) atoms. The molecule has 0 amide bonds. The van der Waals surface area contributed by atoms with Crippen molar-refractivity contribution in [2.24, 2.45) is 17.6 Å². The van der Waals surface area contributed by atoms with E-state index in [9.17, 15) is 8.78 Å². The SMILES string of the molecule is CC1CCC(C(N)c2ccc(F)cc2F)C1. The van der Waals surface area contributed by atoms with Crippen molar-refractivity contribution in [2.45, 2.75) is 32.2 Å². The molecule has 1 aromatic rings. The number of nitrogens with two attached hydrogens (primary N) is 1. The lowest BCUT2D eigenvalue weighted by Crippen LogP contribution is -2.20. The zero-order valence-corrected chi connectivity index (χ0v) is 9.42. The van der Waals surface area contributed by atoms with Crippen LogP contribution in [0.4, 0.5) is 8.78 Å². The van der Waals surface area contributed by atoms with E-state index in [2.05, 4.69) is 6.92 Å². The zero-order chi connectivity index (χ0) is 11.7. The number of halogens is 2. The Hall–Kier alpha value is -0.960. The van der Waals surface area contributed by atoms with Crippen molar-refractivity contribution in [3.8, 4) is 0 Å². The van der Waals surface area contributed by atoms with Crippen molar-refractivity contribution in [3.05, 3.63) is 35.4 Å². The van der Waals surface area contributed by atoms with Gasteiger partial charge in [0.2, 0.25) is 0 Å². The Labute approximate surface area is 94.7 Å². The molecule has 1 aromatic carbocycles. The summed E-state index contributed by atoms with van der Waals surface area (Å²) in [6.45, 7) is 2.19. The minimum Gasteiger partial charge on any atom is -0.324 e. The molecule has 3 atom stereocenters. The van der Waals surface area contributed by atoms with Crippen LogP contribution in [0, 0.1) is 23.5 Å². The number of rotatable bonds is 2. The van der Waals surface area contributed by atoms with Gasteiger partial charge in [-0.15, -0.1) is 0 Å². The van der Waals surface area contributed by atoms with Crippen LogP contribution < -0.4 is 5.73 Å². The summed E-state index contributed by atoms with van der Waals surface area (Å²) < 4.78 is 26.3. The highest BCUT2D eigenvalue weighted by atomic mass is 19.1. The van der Waals surface area contributed by atoms with Crippen molar-refractivity contribution in [2.75, 3.05) is 0 Å². The van der Waals surface area contributed by atoms with Crippen LogP contribution in [0.5, 0.6) is 0 Å². The monoisotopic (exact) mass is 225 g/mol. The minimum atomic E-state index is -0.548. The van der Waals surface area contributed by atoms with E-state index >= 15 is 0 Å². The number of benzene rings is 1. The van der Waals surface area contributed by atoms with Crippen LogP contribution in [0.2, 0.25) is 0 Å². The maximum Gasteiger partial charge on any atom is 0.130 e. The van der Waals surface area contributed by atoms with Gasteiger partial charge in [0.1, 0.15) is 11.6 Å². The Balaban J connectivity index is 2.17. The largest absolute Gasteiger partial charge is 0.324 e. The predicted octanol–water partition coefficient (Wildman–Crippen LogP) is 3.40. The standard InChI is InChI=1S/C13H17F2N/c1-8-2-3-9(6-8)13(16)11-5-4-10(14)7-12(11)15/h4-5,7-9,13H,2-3,6,16H2,1H3. The molecule has 2 N–H and O–H groups in total.